The largest absolute Gasteiger partial charge is 0.476 e. The van der Waals surface area contributed by atoms with Gasteiger partial charge in [-0.15, -0.1) is 0 Å². The monoisotopic (exact) mass is 294 g/mol. The first-order valence-corrected chi connectivity index (χ1v) is 7.11. The van der Waals surface area contributed by atoms with E-state index in [9.17, 15) is 10.0 Å². The van der Waals surface area contributed by atoms with Crippen LogP contribution >= 0.6 is 0 Å². The zero-order chi connectivity index (χ0) is 15.2. The first-order valence-electron chi connectivity index (χ1n) is 7.11. The minimum atomic E-state index is -0.967. The summed E-state index contributed by atoms with van der Waals surface area (Å²) in [6.45, 7) is 0. The highest BCUT2D eigenvalue weighted by atomic mass is 16.5. The fraction of sp³-hybridized carbons (Fsp3) is 0.176. The minimum absolute atomic E-state index is 0.209. The van der Waals surface area contributed by atoms with Gasteiger partial charge in [0.15, 0.2) is 5.60 Å². The number of ether oxygens (including phenoxy) is 1. The molecule has 1 saturated carbocycles. The van der Waals surface area contributed by atoms with E-state index in [2.05, 4.69) is 10.5 Å². The van der Waals surface area contributed by atoms with Crippen LogP contribution in [-0.2, 0) is 4.79 Å². The zero-order valence-corrected chi connectivity index (χ0v) is 11.7. The van der Waals surface area contributed by atoms with Crippen LogP contribution in [-0.4, -0.2) is 22.4 Å². The smallest absolute Gasteiger partial charge is 0.269 e. The lowest BCUT2D eigenvalue weighted by Crippen LogP contribution is -2.41. The maximum absolute atomic E-state index is 12.6. The normalized spacial score (nSPS) is 26.5. The lowest BCUT2D eigenvalue weighted by atomic mass is 9.99. The molecule has 1 fully saturated rings. The molecule has 110 valence electrons. The second-order valence-electron chi connectivity index (χ2n) is 5.55. The lowest BCUT2D eigenvalue weighted by Gasteiger charge is -2.25. The van der Waals surface area contributed by atoms with Crippen molar-refractivity contribution in [2.75, 3.05) is 5.32 Å². The summed E-state index contributed by atoms with van der Waals surface area (Å²) in [6, 6.07) is 16.6. The molecule has 2 N–H and O–H groups in total. The van der Waals surface area contributed by atoms with Crippen molar-refractivity contribution in [3.8, 4) is 5.75 Å². The van der Waals surface area contributed by atoms with Crippen molar-refractivity contribution >= 4 is 17.3 Å². The minimum Gasteiger partial charge on any atom is -0.476 e. The number of para-hydroxylation sites is 2. The molecule has 5 nitrogen and oxygen atoms in total. The average molecular weight is 294 g/mol. The van der Waals surface area contributed by atoms with Crippen LogP contribution in [0.5, 0.6) is 5.75 Å². The van der Waals surface area contributed by atoms with Gasteiger partial charge in [0.25, 0.3) is 5.91 Å². The molecule has 0 spiro atoms. The van der Waals surface area contributed by atoms with Crippen LogP contribution in [0.25, 0.3) is 0 Å². The quantitative estimate of drug-likeness (QED) is 0.660. The molecule has 1 aliphatic carbocycles. The Morgan fingerprint density at radius 2 is 1.91 bits per heavy atom. The van der Waals surface area contributed by atoms with Gasteiger partial charge in [-0.3, -0.25) is 4.79 Å². The molecule has 0 aromatic heterocycles. The highest BCUT2D eigenvalue weighted by molar-refractivity contribution is 6.15. The number of nitrogens with one attached hydrogen (secondary N) is 1. The van der Waals surface area contributed by atoms with Crippen LogP contribution in [0.3, 0.4) is 0 Å². The Kier molecular flexibility index (Phi) is 2.69. The molecular weight excluding hydrogens is 280 g/mol. The van der Waals surface area contributed by atoms with E-state index in [0.717, 1.165) is 11.3 Å². The first kappa shape index (κ1) is 12.9. The summed E-state index contributed by atoms with van der Waals surface area (Å²) in [5, 5.41) is 15.6. The van der Waals surface area contributed by atoms with E-state index in [1.54, 1.807) is 6.07 Å². The van der Waals surface area contributed by atoms with Crippen molar-refractivity contribution in [3.63, 3.8) is 0 Å². The number of carbonyl (C=O) groups is 1. The molecule has 1 heterocycles. The van der Waals surface area contributed by atoms with Gasteiger partial charge in [0.05, 0.1) is 11.6 Å². The van der Waals surface area contributed by atoms with Crippen LogP contribution in [0.1, 0.15) is 12.0 Å². The summed E-state index contributed by atoms with van der Waals surface area (Å²) in [4.78, 5) is 12.6. The third-order valence-electron chi connectivity index (χ3n) is 4.22. The lowest BCUT2D eigenvalue weighted by molar-refractivity contribution is -0.125. The van der Waals surface area contributed by atoms with Gasteiger partial charge in [-0.25, -0.2) is 0 Å². The molecule has 2 atom stereocenters. The van der Waals surface area contributed by atoms with Gasteiger partial charge in [0.1, 0.15) is 5.75 Å². The molecule has 22 heavy (non-hydrogen) atoms. The Morgan fingerprint density at radius 1 is 1.18 bits per heavy atom. The molecule has 1 amide bonds. The molecule has 1 aliphatic heterocycles. The van der Waals surface area contributed by atoms with Crippen molar-refractivity contribution in [2.45, 2.75) is 12.0 Å². The second-order valence-corrected chi connectivity index (χ2v) is 5.55. The molecule has 1 unspecified atom stereocenters. The number of nitrogens with zero attached hydrogens (tertiary/aromatic N) is 1. The maximum atomic E-state index is 12.6. The van der Waals surface area contributed by atoms with Gasteiger partial charge in [0, 0.05) is 17.7 Å². The van der Waals surface area contributed by atoms with E-state index < -0.39 is 5.60 Å². The zero-order valence-electron chi connectivity index (χ0n) is 11.7. The molecule has 5 heteroatoms. The van der Waals surface area contributed by atoms with E-state index in [4.69, 9.17) is 4.74 Å². The second kappa shape index (κ2) is 4.59. The number of benzene rings is 2. The highest BCUT2D eigenvalue weighted by Gasteiger charge is 2.68. The molecule has 2 aliphatic rings. The van der Waals surface area contributed by atoms with Crippen molar-refractivity contribution in [1.29, 1.82) is 0 Å². The van der Waals surface area contributed by atoms with Crippen molar-refractivity contribution in [3.05, 3.63) is 60.2 Å². The topological polar surface area (TPSA) is 70.9 Å². The highest BCUT2D eigenvalue weighted by Crippen LogP contribution is 2.54. The average Bonchev–Trinajstić information content (AvgIpc) is 3.29. The third kappa shape index (κ3) is 1.79. The number of fused-ring (bicyclic) bond motifs is 2. The van der Waals surface area contributed by atoms with Gasteiger partial charge >= 0.3 is 0 Å². The number of rotatable bonds is 2. The van der Waals surface area contributed by atoms with E-state index in [-0.39, 0.29) is 11.8 Å². The molecule has 0 radical (unpaired) electrons. The predicted octanol–water partition coefficient (Wildman–Crippen LogP) is 2.65. The van der Waals surface area contributed by atoms with E-state index in [1.165, 1.54) is 0 Å². The molecule has 0 saturated heterocycles. The van der Waals surface area contributed by atoms with Crippen molar-refractivity contribution in [2.24, 2.45) is 11.1 Å². The summed E-state index contributed by atoms with van der Waals surface area (Å²) in [7, 11) is 0. The number of anilines is 1. The molecule has 4 rings (SSSR count). The first-order chi connectivity index (χ1) is 10.7. The number of oxime groups is 1. The SMILES string of the molecule is O=C(Nc1ccccc1)[C@]12CC1C(=NO)c1ccccc1O2. The standard InChI is InChI=1S/C17H14N2O3/c20-16(18-11-6-2-1-3-7-11)17-10-13(17)15(19-21)12-8-4-5-9-14(12)22-17/h1-9,13,21H,10H2,(H,18,20)/t13?,17-/m0/s1. The summed E-state index contributed by atoms with van der Waals surface area (Å²) in [6.07, 6.45) is 0.514. The number of carbonyl (C=O) groups excluding carboxylic acids is 1. The Balaban J connectivity index is 1.66. The molecule has 2 aromatic carbocycles. The van der Waals surface area contributed by atoms with Gasteiger partial charge < -0.3 is 15.3 Å². The van der Waals surface area contributed by atoms with Gasteiger partial charge in [0.2, 0.25) is 0 Å². The van der Waals surface area contributed by atoms with Crippen LogP contribution in [0.2, 0.25) is 0 Å². The van der Waals surface area contributed by atoms with E-state index >= 15 is 0 Å². The summed E-state index contributed by atoms with van der Waals surface area (Å²) < 4.78 is 5.96. The van der Waals surface area contributed by atoms with Gasteiger partial charge in [-0.2, -0.15) is 0 Å². The van der Waals surface area contributed by atoms with E-state index in [0.29, 0.717) is 17.9 Å². The van der Waals surface area contributed by atoms with Gasteiger partial charge in [-0.1, -0.05) is 35.5 Å². The Labute approximate surface area is 127 Å². The Hall–Kier alpha value is -2.82. The van der Waals surface area contributed by atoms with Crippen LogP contribution in [0, 0.1) is 5.92 Å². The number of hydrogen-bond acceptors (Lipinski definition) is 4. The fourth-order valence-electron chi connectivity index (χ4n) is 3.01. The van der Waals surface area contributed by atoms with Crippen LogP contribution < -0.4 is 10.1 Å². The maximum Gasteiger partial charge on any atom is 0.269 e. The predicted molar refractivity (Wildman–Crippen MR) is 81.3 cm³/mol. The third-order valence-corrected chi connectivity index (χ3v) is 4.22. The van der Waals surface area contributed by atoms with Crippen molar-refractivity contribution < 1.29 is 14.7 Å². The van der Waals surface area contributed by atoms with Gasteiger partial charge in [-0.05, 0) is 24.3 Å². The van der Waals surface area contributed by atoms with Crippen LogP contribution in [0.15, 0.2) is 59.8 Å². The summed E-state index contributed by atoms with van der Waals surface area (Å²) in [5.41, 5.74) is 1.02. The molecule has 2 aromatic rings. The summed E-state index contributed by atoms with van der Waals surface area (Å²) >= 11 is 0. The summed E-state index contributed by atoms with van der Waals surface area (Å²) in [5.74, 6) is 0.155. The van der Waals surface area contributed by atoms with Crippen LogP contribution in [0.4, 0.5) is 5.69 Å². The number of amides is 1. The molecular formula is C17H14N2O3. The Morgan fingerprint density at radius 3 is 2.68 bits per heavy atom. The van der Waals surface area contributed by atoms with E-state index in [1.807, 2.05) is 48.5 Å². The Bertz CT molecular complexity index is 772. The fourth-order valence-corrected chi connectivity index (χ4v) is 3.01. The molecule has 0 bridgehead atoms. The number of hydrogen-bond donors (Lipinski definition) is 2. The van der Waals surface area contributed by atoms with Crippen molar-refractivity contribution in [1.82, 2.24) is 0 Å².